The summed E-state index contributed by atoms with van der Waals surface area (Å²) in [4.78, 5) is 4.25. The van der Waals surface area contributed by atoms with Crippen molar-refractivity contribution in [3.05, 3.63) is 77.5 Å². The highest BCUT2D eigenvalue weighted by atomic mass is 127. The van der Waals surface area contributed by atoms with Gasteiger partial charge in [-0.2, -0.15) is 5.10 Å². The summed E-state index contributed by atoms with van der Waals surface area (Å²) in [7, 11) is 1.73. The molecule has 0 amide bonds. The number of fused-ring (bicyclic) bond motifs is 1. The van der Waals surface area contributed by atoms with E-state index in [4.69, 9.17) is 11.6 Å². The molecule has 0 aliphatic carbocycles. The Morgan fingerprint density at radius 3 is 2.66 bits per heavy atom. The van der Waals surface area contributed by atoms with Gasteiger partial charge in [-0.3, -0.25) is 9.39 Å². The zero-order valence-electron chi connectivity index (χ0n) is 15.7. The number of hydrogen-bond acceptors (Lipinski definition) is 4. The highest BCUT2D eigenvalue weighted by Crippen LogP contribution is 2.13. The Hall–Kier alpha value is -2.66. The molecule has 0 fully saturated rings. The fourth-order valence-electron chi connectivity index (χ4n) is 2.77. The summed E-state index contributed by atoms with van der Waals surface area (Å²) in [5.74, 6) is 1.49. The lowest BCUT2D eigenvalue weighted by Gasteiger charge is -2.10. The second kappa shape index (κ2) is 9.70. The lowest BCUT2D eigenvalue weighted by Crippen LogP contribution is -2.36. The summed E-state index contributed by atoms with van der Waals surface area (Å²) in [6.07, 6.45) is 5.73. The molecule has 29 heavy (non-hydrogen) atoms. The van der Waals surface area contributed by atoms with Gasteiger partial charge in [0.05, 0.1) is 18.4 Å². The zero-order valence-corrected chi connectivity index (χ0v) is 18.7. The first-order valence-electron chi connectivity index (χ1n) is 8.75. The molecule has 8 nitrogen and oxygen atoms in total. The van der Waals surface area contributed by atoms with Crippen molar-refractivity contribution in [2.75, 3.05) is 7.05 Å². The van der Waals surface area contributed by atoms with Gasteiger partial charge in [-0.25, -0.2) is 4.68 Å². The van der Waals surface area contributed by atoms with Gasteiger partial charge >= 0.3 is 0 Å². The minimum Gasteiger partial charge on any atom is -0.352 e. The summed E-state index contributed by atoms with van der Waals surface area (Å²) >= 11 is 5.93. The first-order valence-corrected chi connectivity index (χ1v) is 9.13. The molecular weight excluding hydrogens is 503 g/mol. The number of hydrogen-bond donors (Lipinski definition) is 2. The minimum absolute atomic E-state index is 0. The Kier molecular flexibility index (Phi) is 7.04. The number of aliphatic imine (C=N–C) groups is 1. The van der Waals surface area contributed by atoms with E-state index in [0.717, 1.165) is 22.7 Å². The summed E-state index contributed by atoms with van der Waals surface area (Å²) in [5.41, 5.74) is 2.81. The predicted molar refractivity (Wildman–Crippen MR) is 124 cm³/mol. The quantitative estimate of drug-likeness (QED) is 0.239. The Balaban J connectivity index is 0.00000240. The SMILES string of the molecule is CN=C(NCc1cnn(-c2ccc(Cl)cc2)c1)NCc1nnc2ccccn12.I. The first-order chi connectivity index (χ1) is 13.7. The maximum Gasteiger partial charge on any atom is 0.191 e. The molecule has 0 bridgehead atoms. The summed E-state index contributed by atoms with van der Waals surface area (Å²) < 4.78 is 3.75. The van der Waals surface area contributed by atoms with E-state index >= 15 is 0 Å². The monoisotopic (exact) mass is 522 g/mol. The van der Waals surface area contributed by atoms with Crippen LogP contribution in [0.15, 0.2) is 66.0 Å². The van der Waals surface area contributed by atoms with Crippen molar-refractivity contribution in [3.8, 4) is 5.69 Å². The van der Waals surface area contributed by atoms with Crippen LogP contribution in [-0.4, -0.2) is 37.4 Å². The number of pyridine rings is 1. The number of aromatic nitrogens is 5. The molecule has 0 aliphatic rings. The van der Waals surface area contributed by atoms with Gasteiger partial charge in [0.15, 0.2) is 17.4 Å². The van der Waals surface area contributed by atoms with E-state index in [2.05, 4.69) is 30.9 Å². The van der Waals surface area contributed by atoms with Crippen LogP contribution in [-0.2, 0) is 13.1 Å². The fourth-order valence-corrected chi connectivity index (χ4v) is 2.89. The molecule has 4 rings (SSSR count). The molecule has 0 aliphatic heterocycles. The average Bonchev–Trinajstić information content (AvgIpc) is 3.36. The molecule has 1 aromatic carbocycles. The molecular formula is C19H20ClIN8. The minimum atomic E-state index is 0. The maximum atomic E-state index is 5.93. The lowest BCUT2D eigenvalue weighted by molar-refractivity contribution is 0.762. The van der Waals surface area contributed by atoms with E-state index in [9.17, 15) is 0 Å². The molecule has 0 saturated heterocycles. The van der Waals surface area contributed by atoms with Crippen LogP contribution < -0.4 is 10.6 Å². The average molecular weight is 523 g/mol. The van der Waals surface area contributed by atoms with E-state index < -0.39 is 0 Å². The van der Waals surface area contributed by atoms with Crippen molar-refractivity contribution in [2.24, 2.45) is 4.99 Å². The smallest absolute Gasteiger partial charge is 0.191 e. The van der Waals surface area contributed by atoms with Crippen LogP contribution in [0.4, 0.5) is 0 Å². The lowest BCUT2D eigenvalue weighted by atomic mass is 10.3. The Bertz CT molecular complexity index is 1100. The molecule has 0 saturated carbocycles. The van der Waals surface area contributed by atoms with Crippen LogP contribution in [0.25, 0.3) is 11.3 Å². The van der Waals surface area contributed by atoms with Crippen molar-refractivity contribution in [3.63, 3.8) is 0 Å². The van der Waals surface area contributed by atoms with E-state index in [0.29, 0.717) is 24.1 Å². The highest BCUT2D eigenvalue weighted by molar-refractivity contribution is 14.0. The number of nitrogens with zero attached hydrogens (tertiary/aromatic N) is 6. The van der Waals surface area contributed by atoms with Crippen molar-refractivity contribution < 1.29 is 0 Å². The van der Waals surface area contributed by atoms with E-state index in [1.165, 1.54) is 0 Å². The molecule has 0 unspecified atom stereocenters. The van der Waals surface area contributed by atoms with Crippen LogP contribution in [0.2, 0.25) is 5.02 Å². The molecule has 0 spiro atoms. The number of guanidine groups is 1. The molecule has 150 valence electrons. The van der Waals surface area contributed by atoms with Crippen molar-refractivity contribution in [2.45, 2.75) is 13.1 Å². The summed E-state index contributed by atoms with van der Waals surface area (Å²) in [6.45, 7) is 1.10. The van der Waals surface area contributed by atoms with Crippen LogP contribution in [0.1, 0.15) is 11.4 Å². The number of halogens is 2. The highest BCUT2D eigenvalue weighted by Gasteiger charge is 2.06. The van der Waals surface area contributed by atoms with Crippen LogP contribution in [0.5, 0.6) is 0 Å². The van der Waals surface area contributed by atoms with Gasteiger partial charge in [0, 0.05) is 36.6 Å². The van der Waals surface area contributed by atoms with Gasteiger partial charge in [-0.15, -0.1) is 34.2 Å². The van der Waals surface area contributed by atoms with E-state index in [1.54, 1.807) is 7.05 Å². The van der Waals surface area contributed by atoms with Gasteiger partial charge in [0.2, 0.25) is 0 Å². The number of rotatable bonds is 5. The molecule has 4 aromatic rings. The van der Waals surface area contributed by atoms with Gasteiger partial charge < -0.3 is 10.6 Å². The van der Waals surface area contributed by atoms with Crippen molar-refractivity contribution >= 4 is 47.2 Å². The molecule has 10 heteroatoms. The number of benzene rings is 1. The third-order valence-electron chi connectivity index (χ3n) is 4.21. The van der Waals surface area contributed by atoms with Crippen LogP contribution >= 0.6 is 35.6 Å². The van der Waals surface area contributed by atoms with Crippen LogP contribution in [0, 0.1) is 0 Å². The molecule has 0 radical (unpaired) electrons. The Morgan fingerprint density at radius 1 is 1.07 bits per heavy atom. The number of nitrogens with one attached hydrogen (secondary N) is 2. The Morgan fingerprint density at radius 2 is 1.86 bits per heavy atom. The van der Waals surface area contributed by atoms with E-state index in [-0.39, 0.29) is 24.0 Å². The predicted octanol–water partition coefficient (Wildman–Crippen LogP) is 3.05. The van der Waals surface area contributed by atoms with Gasteiger partial charge in [-0.05, 0) is 36.4 Å². The van der Waals surface area contributed by atoms with Crippen LogP contribution in [0.3, 0.4) is 0 Å². The second-order valence-corrected chi connectivity index (χ2v) is 6.53. The van der Waals surface area contributed by atoms with Crippen molar-refractivity contribution in [1.29, 1.82) is 0 Å². The second-order valence-electron chi connectivity index (χ2n) is 6.09. The standard InChI is InChI=1S/C19H19ClN8.HI/c1-21-19(23-12-18-26-25-17-4-2-3-9-27(17)18)22-10-14-11-24-28(13-14)16-7-5-15(20)6-8-16;/h2-9,11,13H,10,12H2,1H3,(H2,21,22,23);1H. The summed E-state index contributed by atoms with van der Waals surface area (Å²) in [6, 6.07) is 13.3. The van der Waals surface area contributed by atoms with Crippen molar-refractivity contribution in [1.82, 2.24) is 35.0 Å². The van der Waals surface area contributed by atoms with Gasteiger partial charge in [0.25, 0.3) is 0 Å². The topological polar surface area (TPSA) is 84.4 Å². The Labute approximate surface area is 190 Å². The third-order valence-corrected chi connectivity index (χ3v) is 4.46. The largest absolute Gasteiger partial charge is 0.352 e. The summed E-state index contributed by atoms with van der Waals surface area (Å²) in [5, 5.41) is 20.0. The molecule has 2 N–H and O–H groups in total. The molecule has 0 atom stereocenters. The third kappa shape index (κ3) is 5.04. The fraction of sp³-hybridized carbons (Fsp3) is 0.158. The van der Waals surface area contributed by atoms with Gasteiger partial charge in [0.1, 0.15) is 0 Å². The van der Waals surface area contributed by atoms with Gasteiger partial charge in [-0.1, -0.05) is 17.7 Å². The molecule has 3 aromatic heterocycles. The molecule has 3 heterocycles. The normalized spacial score (nSPS) is 11.3. The maximum absolute atomic E-state index is 5.93. The van der Waals surface area contributed by atoms with E-state index in [1.807, 2.05) is 70.1 Å². The first kappa shape index (κ1) is 21.1. The zero-order chi connectivity index (χ0) is 19.3.